The molecule has 2 aliphatic rings. The second-order valence-corrected chi connectivity index (χ2v) is 10.6. The minimum atomic E-state index is -1.08. The predicted molar refractivity (Wildman–Crippen MR) is 143 cm³/mol. The van der Waals surface area contributed by atoms with Crippen molar-refractivity contribution in [3.8, 4) is 11.1 Å². The number of halogens is 2. The Morgan fingerprint density at radius 3 is 2.34 bits per heavy atom. The molecule has 2 fully saturated rings. The summed E-state index contributed by atoms with van der Waals surface area (Å²) in [5.41, 5.74) is 3.69. The second kappa shape index (κ2) is 10.8. The van der Waals surface area contributed by atoms with Crippen LogP contribution in [0.2, 0.25) is 5.02 Å². The Bertz CT molecular complexity index is 1310. The molecule has 198 valence electrons. The van der Waals surface area contributed by atoms with Gasteiger partial charge in [-0.3, -0.25) is 9.59 Å². The number of likely N-dealkylation sites (tertiary alicyclic amines) is 1. The van der Waals surface area contributed by atoms with Crippen molar-refractivity contribution in [2.24, 2.45) is 0 Å². The molecular weight excluding hydrogens is 507 g/mol. The van der Waals surface area contributed by atoms with Gasteiger partial charge in [-0.05, 0) is 73.2 Å². The van der Waals surface area contributed by atoms with Crippen molar-refractivity contribution in [2.45, 2.75) is 57.3 Å². The van der Waals surface area contributed by atoms with Crippen molar-refractivity contribution in [3.63, 3.8) is 0 Å². The van der Waals surface area contributed by atoms with Gasteiger partial charge in [0.1, 0.15) is 5.82 Å². The predicted octanol–water partition coefficient (Wildman–Crippen LogP) is 5.65. The Balaban J connectivity index is 1.26. The van der Waals surface area contributed by atoms with E-state index in [1.54, 1.807) is 36.9 Å². The molecule has 0 unspecified atom stereocenters. The summed E-state index contributed by atoms with van der Waals surface area (Å²) in [5.74, 6) is -2.03. The van der Waals surface area contributed by atoms with Crippen LogP contribution in [0, 0.1) is 5.82 Å². The van der Waals surface area contributed by atoms with Crippen LogP contribution in [-0.4, -0.2) is 41.3 Å². The van der Waals surface area contributed by atoms with Gasteiger partial charge in [-0.1, -0.05) is 60.1 Å². The third-order valence-electron chi connectivity index (χ3n) is 6.97. The molecule has 1 N–H and O–H groups in total. The van der Waals surface area contributed by atoms with E-state index in [0.29, 0.717) is 11.6 Å². The highest BCUT2D eigenvalue weighted by Gasteiger charge is 2.51. The molecule has 38 heavy (non-hydrogen) atoms. The zero-order chi connectivity index (χ0) is 26.9. The van der Waals surface area contributed by atoms with E-state index in [-0.39, 0.29) is 24.3 Å². The first-order valence-corrected chi connectivity index (χ1v) is 13.1. The maximum atomic E-state index is 13.7. The van der Waals surface area contributed by atoms with Gasteiger partial charge in [0.05, 0.1) is 6.04 Å². The van der Waals surface area contributed by atoms with E-state index in [2.05, 4.69) is 5.32 Å². The summed E-state index contributed by atoms with van der Waals surface area (Å²) < 4.78 is 25.1. The molecule has 0 saturated carbocycles. The van der Waals surface area contributed by atoms with Crippen LogP contribution in [0.15, 0.2) is 72.8 Å². The van der Waals surface area contributed by atoms with Gasteiger partial charge in [-0.25, -0.2) is 4.39 Å². The smallest absolute Gasteiger partial charge is 0.255 e. The zero-order valence-electron chi connectivity index (χ0n) is 21.3. The minimum absolute atomic E-state index is 0.128. The lowest BCUT2D eigenvalue weighted by molar-refractivity contribution is -0.163. The molecule has 2 aliphatic heterocycles. The largest absolute Gasteiger partial charge is 0.350 e. The molecule has 6 nitrogen and oxygen atoms in total. The third kappa shape index (κ3) is 5.75. The lowest BCUT2D eigenvalue weighted by Gasteiger charge is -2.28. The van der Waals surface area contributed by atoms with E-state index in [1.165, 1.54) is 12.1 Å². The maximum Gasteiger partial charge on any atom is 0.255 e. The van der Waals surface area contributed by atoms with Gasteiger partial charge >= 0.3 is 0 Å². The van der Waals surface area contributed by atoms with E-state index in [0.717, 1.165) is 35.1 Å². The Hall–Kier alpha value is -3.26. The number of rotatable bonds is 6. The van der Waals surface area contributed by atoms with Gasteiger partial charge in [0.2, 0.25) is 0 Å². The number of hydrogen-bond donors (Lipinski definition) is 1. The lowest BCUT2D eigenvalue weighted by Crippen LogP contribution is -2.49. The Kier molecular flexibility index (Phi) is 7.52. The highest BCUT2D eigenvalue weighted by Crippen LogP contribution is 2.37. The van der Waals surface area contributed by atoms with Crippen molar-refractivity contribution in [2.75, 3.05) is 6.54 Å². The van der Waals surface area contributed by atoms with Crippen molar-refractivity contribution in [1.29, 1.82) is 0 Å². The first-order chi connectivity index (χ1) is 18.2. The van der Waals surface area contributed by atoms with Gasteiger partial charge in [-0.15, -0.1) is 0 Å². The number of amides is 2. The molecule has 3 aromatic carbocycles. The Labute approximate surface area is 226 Å². The monoisotopic (exact) mass is 536 g/mol. The summed E-state index contributed by atoms with van der Waals surface area (Å²) in [6, 6.07) is 21.3. The quantitative estimate of drug-likeness (QED) is 0.442. The average Bonchev–Trinajstić information content (AvgIpc) is 3.52. The fraction of sp³-hybridized carbons (Fsp3) is 0.333. The van der Waals surface area contributed by atoms with E-state index in [9.17, 15) is 14.0 Å². The summed E-state index contributed by atoms with van der Waals surface area (Å²) in [7, 11) is 0. The van der Waals surface area contributed by atoms with Gasteiger partial charge in [-0.2, -0.15) is 0 Å². The van der Waals surface area contributed by atoms with Crippen molar-refractivity contribution in [1.82, 2.24) is 10.2 Å². The highest BCUT2D eigenvalue weighted by atomic mass is 35.5. The fourth-order valence-electron chi connectivity index (χ4n) is 5.14. The molecule has 2 saturated heterocycles. The maximum absolute atomic E-state index is 13.7. The molecule has 0 aliphatic carbocycles. The first-order valence-electron chi connectivity index (χ1n) is 12.7. The van der Waals surface area contributed by atoms with E-state index < -0.39 is 23.9 Å². The van der Waals surface area contributed by atoms with E-state index in [1.807, 2.05) is 42.5 Å². The second-order valence-electron chi connectivity index (χ2n) is 10.1. The Morgan fingerprint density at radius 2 is 1.66 bits per heavy atom. The third-order valence-corrected chi connectivity index (χ3v) is 7.20. The molecule has 0 spiro atoms. The van der Waals surface area contributed by atoms with Crippen LogP contribution >= 0.6 is 11.6 Å². The number of nitrogens with one attached hydrogen (secondary N) is 1. The summed E-state index contributed by atoms with van der Waals surface area (Å²) in [4.78, 5) is 28.7. The van der Waals surface area contributed by atoms with Crippen molar-refractivity contribution >= 4 is 23.4 Å². The fourth-order valence-corrected chi connectivity index (χ4v) is 5.33. The van der Waals surface area contributed by atoms with Crippen LogP contribution in [0.3, 0.4) is 0 Å². The van der Waals surface area contributed by atoms with E-state index >= 15 is 0 Å². The van der Waals surface area contributed by atoms with Gasteiger partial charge in [0.25, 0.3) is 11.8 Å². The van der Waals surface area contributed by atoms with Crippen LogP contribution in [0.4, 0.5) is 4.39 Å². The molecule has 5 rings (SSSR count). The molecule has 3 aromatic rings. The van der Waals surface area contributed by atoms with Crippen molar-refractivity contribution < 1.29 is 23.5 Å². The number of nitrogens with zero attached hydrogens (tertiary/aromatic N) is 1. The minimum Gasteiger partial charge on any atom is -0.350 e. The molecule has 2 amide bonds. The van der Waals surface area contributed by atoms with Gasteiger partial charge < -0.3 is 19.7 Å². The number of carbonyl (C=O) groups is 2. The van der Waals surface area contributed by atoms with Crippen LogP contribution < -0.4 is 5.32 Å². The van der Waals surface area contributed by atoms with Crippen LogP contribution in [-0.2, 0) is 25.6 Å². The molecule has 8 heteroatoms. The van der Waals surface area contributed by atoms with Gasteiger partial charge in [0.15, 0.2) is 18.0 Å². The summed E-state index contributed by atoms with van der Waals surface area (Å²) in [5, 5.41) is 3.51. The van der Waals surface area contributed by atoms with E-state index in [4.69, 9.17) is 21.1 Å². The van der Waals surface area contributed by atoms with Crippen molar-refractivity contribution in [3.05, 3.63) is 94.8 Å². The van der Waals surface area contributed by atoms with Crippen LogP contribution in [0.25, 0.3) is 11.1 Å². The Morgan fingerprint density at radius 1 is 1.00 bits per heavy atom. The van der Waals surface area contributed by atoms with Gasteiger partial charge in [0, 0.05) is 18.1 Å². The zero-order valence-corrected chi connectivity index (χ0v) is 22.1. The SMILES string of the molecule is CC1(C)O[C@@H](C(=O)NCc2ccc(-c3ccc(F)cc3)cc2)[C@H](C(=O)N2CCC[C@@H]2c2cccc(Cl)c2)O1. The number of hydrogen-bond acceptors (Lipinski definition) is 4. The number of carbonyl (C=O) groups excluding carboxylic acids is 2. The topological polar surface area (TPSA) is 67.9 Å². The molecule has 0 bridgehead atoms. The standard InChI is InChI=1S/C30H30ClFN2O4/c1-30(2)37-26(27(38-30)29(36)34-16-4-7-25(34)22-5-3-6-23(31)17-22)28(35)33-18-19-8-10-20(11-9-19)21-12-14-24(32)15-13-21/h3,5-6,8-15,17,25-27H,4,7,16,18H2,1-2H3,(H,33,35)/t25-,26-,27-/m1/s1. The highest BCUT2D eigenvalue weighted by molar-refractivity contribution is 6.30. The van der Waals surface area contributed by atoms with Crippen LogP contribution in [0.1, 0.15) is 43.9 Å². The molecule has 0 radical (unpaired) electrons. The average molecular weight is 537 g/mol. The summed E-state index contributed by atoms with van der Waals surface area (Å²) in [6.45, 7) is 4.24. The summed E-state index contributed by atoms with van der Waals surface area (Å²) >= 11 is 6.20. The number of benzene rings is 3. The number of ether oxygens (including phenoxy) is 2. The first kappa shape index (κ1) is 26.4. The molecule has 0 aromatic heterocycles. The molecular formula is C30H30ClFN2O4. The normalized spacial score (nSPS) is 22.4. The molecule has 3 atom stereocenters. The lowest BCUT2D eigenvalue weighted by atomic mass is 10.0. The molecule has 2 heterocycles. The van der Waals surface area contributed by atoms with Crippen LogP contribution in [0.5, 0.6) is 0 Å². The summed E-state index contributed by atoms with van der Waals surface area (Å²) in [6.07, 6.45) is -0.458.